The molecule has 136 valence electrons. The predicted octanol–water partition coefficient (Wildman–Crippen LogP) is 2.71. The van der Waals surface area contributed by atoms with Crippen LogP contribution in [0.5, 0.6) is 11.5 Å². The quantitative estimate of drug-likeness (QED) is 0.567. The molecule has 1 aliphatic rings. The van der Waals surface area contributed by atoms with E-state index in [4.69, 9.17) is 10.5 Å². The summed E-state index contributed by atoms with van der Waals surface area (Å²) < 4.78 is 6.66. The monoisotopic (exact) mass is 362 g/mol. The zero-order chi connectivity index (χ0) is 19.0. The lowest BCUT2D eigenvalue weighted by atomic mass is 9.81. The van der Waals surface area contributed by atoms with Gasteiger partial charge in [0.2, 0.25) is 5.95 Å². The molecule has 0 aliphatic heterocycles. The molecule has 0 amide bonds. The number of aryl methyl sites for hydroxylation is 1. The number of nitrogen functional groups attached to an aromatic ring is 1. The summed E-state index contributed by atoms with van der Waals surface area (Å²) in [5.41, 5.74) is 8.59. The SMILES string of the molecule is Cc1nc(N)nc2c1C(=O)CC(c1ccccc1Oc1cc[n+]([O-])cc1)C2. The van der Waals surface area contributed by atoms with Gasteiger partial charge < -0.3 is 15.7 Å². The average Bonchev–Trinajstić information content (AvgIpc) is 2.63. The number of pyridine rings is 1. The fraction of sp³-hybridized carbons (Fsp3) is 0.200. The maximum Gasteiger partial charge on any atom is 0.220 e. The number of ether oxygens (including phenoxy) is 1. The van der Waals surface area contributed by atoms with Gasteiger partial charge in [-0.15, -0.1) is 0 Å². The van der Waals surface area contributed by atoms with Crippen LogP contribution in [0, 0.1) is 12.1 Å². The first kappa shape index (κ1) is 17.0. The number of aromatic nitrogens is 3. The smallest absolute Gasteiger partial charge is 0.220 e. The van der Waals surface area contributed by atoms with Gasteiger partial charge in [-0.3, -0.25) is 4.79 Å². The predicted molar refractivity (Wildman–Crippen MR) is 98.5 cm³/mol. The van der Waals surface area contributed by atoms with Crippen LogP contribution in [0.3, 0.4) is 0 Å². The average molecular weight is 362 g/mol. The first-order chi connectivity index (χ1) is 13.0. The lowest BCUT2D eigenvalue weighted by molar-refractivity contribution is -0.605. The molecule has 2 N–H and O–H groups in total. The minimum atomic E-state index is -0.0666. The molecule has 1 atom stereocenters. The van der Waals surface area contributed by atoms with Crippen molar-refractivity contribution in [1.82, 2.24) is 9.97 Å². The molecule has 7 heteroatoms. The van der Waals surface area contributed by atoms with Crippen molar-refractivity contribution in [1.29, 1.82) is 0 Å². The van der Waals surface area contributed by atoms with Crippen molar-refractivity contribution in [3.05, 3.63) is 76.5 Å². The van der Waals surface area contributed by atoms with Crippen LogP contribution in [0.15, 0.2) is 48.8 Å². The van der Waals surface area contributed by atoms with Crippen molar-refractivity contribution in [2.24, 2.45) is 0 Å². The van der Waals surface area contributed by atoms with E-state index in [-0.39, 0.29) is 17.6 Å². The Labute approximate surface area is 156 Å². The van der Waals surface area contributed by atoms with E-state index in [0.717, 1.165) is 5.56 Å². The normalized spacial score (nSPS) is 16.0. The number of fused-ring (bicyclic) bond motifs is 1. The van der Waals surface area contributed by atoms with Gasteiger partial charge in [0.25, 0.3) is 0 Å². The number of rotatable bonds is 3. The van der Waals surface area contributed by atoms with Gasteiger partial charge in [0.15, 0.2) is 18.2 Å². The van der Waals surface area contributed by atoms with Gasteiger partial charge in [0.05, 0.1) is 17.0 Å². The Hall–Kier alpha value is -3.48. The molecule has 7 nitrogen and oxygen atoms in total. The number of benzene rings is 1. The molecular formula is C20H18N4O3. The Kier molecular flexibility index (Phi) is 4.19. The van der Waals surface area contributed by atoms with Gasteiger partial charge in [0, 0.05) is 24.5 Å². The highest BCUT2D eigenvalue weighted by atomic mass is 16.5. The summed E-state index contributed by atoms with van der Waals surface area (Å²) >= 11 is 0. The molecule has 1 unspecified atom stereocenters. The molecule has 1 aliphatic carbocycles. The fourth-order valence-electron chi connectivity index (χ4n) is 3.52. The van der Waals surface area contributed by atoms with E-state index in [1.54, 1.807) is 19.1 Å². The van der Waals surface area contributed by atoms with Crippen LogP contribution in [0.25, 0.3) is 0 Å². The number of anilines is 1. The number of hydrogen-bond acceptors (Lipinski definition) is 6. The molecule has 3 aromatic rings. The lowest BCUT2D eigenvalue weighted by Crippen LogP contribution is -2.23. The Morgan fingerprint density at radius 1 is 1.15 bits per heavy atom. The second-order valence-electron chi connectivity index (χ2n) is 6.55. The third-order valence-electron chi connectivity index (χ3n) is 4.69. The van der Waals surface area contributed by atoms with E-state index in [2.05, 4.69) is 9.97 Å². The minimum absolute atomic E-state index is 0.0145. The summed E-state index contributed by atoms with van der Waals surface area (Å²) in [5, 5.41) is 11.2. The first-order valence-corrected chi connectivity index (χ1v) is 8.63. The standard InChI is InChI=1S/C20H18N4O3/c1-12-19-16(23-20(21)22-12)10-13(11-17(19)25)15-4-2-3-5-18(15)27-14-6-8-24(26)9-7-14/h2-9,13H,10-11H2,1H3,(H2,21,22,23). The molecule has 0 fully saturated rings. The van der Waals surface area contributed by atoms with Gasteiger partial charge in [-0.05, 0) is 25.0 Å². The molecule has 0 radical (unpaired) electrons. The maximum atomic E-state index is 12.7. The number of carbonyl (C=O) groups excluding carboxylic acids is 1. The highest BCUT2D eigenvalue weighted by Crippen LogP contribution is 2.38. The van der Waals surface area contributed by atoms with Crippen molar-refractivity contribution >= 4 is 11.7 Å². The summed E-state index contributed by atoms with van der Waals surface area (Å²) in [6, 6.07) is 10.8. The number of carbonyl (C=O) groups is 1. The van der Waals surface area contributed by atoms with Gasteiger partial charge in [-0.1, -0.05) is 18.2 Å². The Balaban J connectivity index is 1.68. The molecule has 27 heavy (non-hydrogen) atoms. The Morgan fingerprint density at radius 2 is 1.89 bits per heavy atom. The molecule has 1 aromatic carbocycles. The van der Waals surface area contributed by atoms with E-state index in [0.29, 0.717) is 46.0 Å². The highest BCUT2D eigenvalue weighted by molar-refractivity contribution is 5.99. The van der Waals surface area contributed by atoms with E-state index >= 15 is 0 Å². The molecule has 2 heterocycles. The van der Waals surface area contributed by atoms with Crippen LogP contribution < -0.4 is 15.2 Å². The van der Waals surface area contributed by atoms with Crippen molar-refractivity contribution in [3.8, 4) is 11.5 Å². The van der Waals surface area contributed by atoms with Crippen molar-refractivity contribution < 1.29 is 14.3 Å². The van der Waals surface area contributed by atoms with Crippen LogP contribution in [-0.2, 0) is 6.42 Å². The third-order valence-corrected chi connectivity index (χ3v) is 4.69. The summed E-state index contributed by atoms with van der Waals surface area (Å²) in [7, 11) is 0. The number of nitrogens with two attached hydrogens (primary N) is 1. The molecule has 0 bridgehead atoms. The van der Waals surface area contributed by atoms with Crippen molar-refractivity contribution in [2.75, 3.05) is 5.73 Å². The number of para-hydroxylation sites is 1. The molecule has 0 saturated heterocycles. The van der Waals surface area contributed by atoms with E-state index in [1.165, 1.54) is 12.4 Å². The van der Waals surface area contributed by atoms with Crippen molar-refractivity contribution in [2.45, 2.75) is 25.7 Å². The number of nitrogens with zero attached hydrogens (tertiary/aromatic N) is 3. The molecule has 4 rings (SSSR count). The van der Waals surface area contributed by atoms with E-state index in [9.17, 15) is 10.0 Å². The third kappa shape index (κ3) is 3.31. The van der Waals surface area contributed by atoms with E-state index in [1.807, 2.05) is 24.3 Å². The molecular weight excluding hydrogens is 344 g/mol. The van der Waals surface area contributed by atoms with Crippen LogP contribution in [0.2, 0.25) is 0 Å². The second-order valence-corrected chi connectivity index (χ2v) is 6.55. The molecule has 0 spiro atoms. The summed E-state index contributed by atoms with van der Waals surface area (Å²) in [6.45, 7) is 1.78. The second kappa shape index (κ2) is 6.68. The summed E-state index contributed by atoms with van der Waals surface area (Å²) in [5.74, 6) is 1.34. The van der Waals surface area contributed by atoms with Crippen LogP contribution in [0.4, 0.5) is 5.95 Å². The lowest BCUT2D eigenvalue weighted by Gasteiger charge is -2.25. The Bertz CT molecular complexity index is 1020. The van der Waals surface area contributed by atoms with Gasteiger partial charge in [-0.25, -0.2) is 9.97 Å². The zero-order valence-corrected chi connectivity index (χ0v) is 14.8. The molecule has 0 saturated carbocycles. The largest absolute Gasteiger partial charge is 0.619 e. The summed E-state index contributed by atoms with van der Waals surface area (Å²) in [6.07, 6.45) is 3.70. The fourth-order valence-corrected chi connectivity index (χ4v) is 3.52. The van der Waals surface area contributed by atoms with E-state index < -0.39 is 0 Å². The van der Waals surface area contributed by atoms with Gasteiger partial charge in [0.1, 0.15) is 11.5 Å². The minimum Gasteiger partial charge on any atom is -0.619 e. The van der Waals surface area contributed by atoms with Crippen molar-refractivity contribution in [3.63, 3.8) is 0 Å². The summed E-state index contributed by atoms with van der Waals surface area (Å²) in [4.78, 5) is 21.1. The van der Waals surface area contributed by atoms with Crippen LogP contribution >= 0.6 is 0 Å². The zero-order valence-electron chi connectivity index (χ0n) is 14.8. The number of hydrogen-bond donors (Lipinski definition) is 1. The number of Topliss-reactive ketones (excluding diaryl/α,β-unsaturated/α-hetero) is 1. The topological polar surface area (TPSA) is 105 Å². The van der Waals surface area contributed by atoms with Crippen LogP contribution in [-0.4, -0.2) is 15.8 Å². The van der Waals surface area contributed by atoms with Crippen LogP contribution in [0.1, 0.15) is 39.6 Å². The Morgan fingerprint density at radius 3 is 2.67 bits per heavy atom. The number of ketones is 1. The van der Waals surface area contributed by atoms with Gasteiger partial charge in [-0.2, -0.15) is 4.73 Å². The first-order valence-electron chi connectivity index (χ1n) is 8.63. The highest BCUT2D eigenvalue weighted by Gasteiger charge is 2.31. The molecule has 2 aromatic heterocycles. The maximum absolute atomic E-state index is 12.7. The van der Waals surface area contributed by atoms with Gasteiger partial charge >= 0.3 is 0 Å².